The van der Waals surface area contributed by atoms with E-state index in [2.05, 4.69) is 45.9 Å². The molecule has 2 rings (SSSR count). The van der Waals surface area contributed by atoms with Crippen LogP contribution < -0.4 is 0 Å². The molecule has 1 aliphatic rings. The van der Waals surface area contributed by atoms with Crippen LogP contribution in [-0.4, -0.2) is 10.4 Å². The molecule has 1 nitrogen and oxygen atoms in total. The van der Waals surface area contributed by atoms with Crippen LogP contribution in [0.15, 0.2) is 18.2 Å². The van der Waals surface area contributed by atoms with Crippen LogP contribution in [0.25, 0.3) is 0 Å². The average Bonchev–Trinajstić information content (AvgIpc) is 2.37. The quantitative estimate of drug-likeness (QED) is 0.750. The largest absolute Gasteiger partial charge is 0.388 e. The van der Waals surface area contributed by atoms with Gasteiger partial charge in [-0.25, -0.2) is 0 Å². The lowest BCUT2D eigenvalue weighted by Crippen LogP contribution is -2.13. The minimum Gasteiger partial charge on any atom is -0.388 e. The first-order chi connectivity index (χ1) is 7.88. The second kappa shape index (κ2) is 4.66. The fourth-order valence-corrected chi connectivity index (χ4v) is 3.29. The smallest absolute Gasteiger partial charge is 0.0803 e. The van der Waals surface area contributed by atoms with Crippen LogP contribution in [0.4, 0.5) is 0 Å². The lowest BCUT2D eigenvalue weighted by Gasteiger charge is -2.22. The molecule has 0 saturated heterocycles. The maximum atomic E-state index is 10.3. The van der Waals surface area contributed by atoms with Gasteiger partial charge in [-0.2, -0.15) is 11.8 Å². The van der Waals surface area contributed by atoms with Gasteiger partial charge >= 0.3 is 0 Å². The highest BCUT2D eigenvalue weighted by Gasteiger charge is 2.23. The predicted molar refractivity (Wildman–Crippen MR) is 75.5 cm³/mol. The summed E-state index contributed by atoms with van der Waals surface area (Å²) in [6.45, 7) is 8.85. The summed E-state index contributed by atoms with van der Waals surface area (Å²) in [6.07, 6.45) is 0.572. The number of thioether (sulfide) groups is 1. The highest BCUT2D eigenvalue weighted by Crippen LogP contribution is 2.36. The number of aliphatic hydroxyl groups excluding tert-OH is 1. The van der Waals surface area contributed by atoms with Gasteiger partial charge in [0, 0.05) is 11.0 Å². The Hall–Kier alpha value is -0.470. The minimum atomic E-state index is -0.294. The van der Waals surface area contributed by atoms with Gasteiger partial charge in [0.2, 0.25) is 0 Å². The summed E-state index contributed by atoms with van der Waals surface area (Å²) < 4.78 is 0. The summed E-state index contributed by atoms with van der Waals surface area (Å²) >= 11 is 1.94. The van der Waals surface area contributed by atoms with E-state index < -0.39 is 0 Å². The van der Waals surface area contributed by atoms with Crippen molar-refractivity contribution < 1.29 is 5.11 Å². The first kappa shape index (κ1) is 13.0. The summed E-state index contributed by atoms with van der Waals surface area (Å²) in [5.41, 5.74) is 3.92. The molecule has 17 heavy (non-hydrogen) atoms. The Morgan fingerprint density at radius 1 is 1.29 bits per heavy atom. The maximum Gasteiger partial charge on any atom is 0.0803 e. The average molecular weight is 250 g/mol. The molecule has 1 heterocycles. The normalized spacial score (nSPS) is 25.2. The van der Waals surface area contributed by atoms with Gasteiger partial charge in [-0.15, -0.1) is 0 Å². The van der Waals surface area contributed by atoms with Crippen molar-refractivity contribution >= 4 is 11.8 Å². The molecule has 1 unspecified atom stereocenters. The van der Waals surface area contributed by atoms with E-state index in [-0.39, 0.29) is 11.5 Å². The topological polar surface area (TPSA) is 20.2 Å². The van der Waals surface area contributed by atoms with Crippen LogP contribution in [0.5, 0.6) is 0 Å². The van der Waals surface area contributed by atoms with E-state index in [0.29, 0.717) is 5.25 Å². The molecule has 1 aliphatic heterocycles. The van der Waals surface area contributed by atoms with E-state index in [1.165, 1.54) is 11.1 Å². The second-order valence-corrected chi connectivity index (χ2v) is 7.46. The van der Waals surface area contributed by atoms with Gasteiger partial charge in [0.15, 0.2) is 0 Å². The van der Waals surface area contributed by atoms with E-state index in [4.69, 9.17) is 0 Å². The number of rotatable bonds is 0. The van der Waals surface area contributed by atoms with E-state index >= 15 is 0 Å². The van der Waals surface area contributed by atoms with Gasteiger partial charge in [-0.1, -0.05) is 45.9 Å². The van der Waals surface area contributed by atoms with E-state index in [0.717, 1.165) is 17.7 Å². The Kier molecular flexibility index (Phi) is 3.55. The first-order valence-corrected chi connectivity index (χ1v) is 7.36. The van der Waals surface area contributed by atoms with Gasteiger partial charge in [-0.3, -0.25) is 0 Å². The zero-order chi connectivity index (χ0) is 12.6. The van der Waals surface area contributed by atoms with E-state index in [9.17, 15) is 5.11 Å². The third-order valence-corrected chi connectivity index (χ3v) is 4.69. The molecule has 0 saturated carbocycles. The molecule has 0 bridgehead atoms. The van der Waals surface area contributed by atoms with E-state index in [1.54, 1.807) is 0 Å². The van der Waals surface area contributed by atoms with Gasteiger partial charge in [0.25, 0.3) is 0 Å². The number of hydrogen-bond donors (Lipinski definition) is 1. The van der Waals surface area contributed by atoms with Crippen molar-refractivity contribution in [1.29, 1.82) is 0 Å². The molecule has 94 valence electrons. The number of benzene rings is 1. The van der Waals surface area contributed by atoms with Crippen LogP contribution in [0.2, 0.25) is 0 Å². The van der Waals surface area contributed by atoms with Crippen molar-refractivity contribution in [2.75, 3.05) is 0 Å². The number of aliphatic hydroxyl groups is 1. The van der Waals surface area contributed by atoms with Crippen LogP contribution in [-0.2, 0) is 11.2 Å². The van der Waals surface area contributed by atoms with Crippen molar-refractivity contribution in [1.82, 2.24) is 0 Å². The highest BCUT2D eigenvalue weighted by atomic mass is 32.2. The number of fused-ring (bicyclic) bond motifs is 1. The zero-order valence-corrected chi connectivity index (χ0v) is 12.0. The van der Waals surface area contributed by atoms with Crippen molar-refractivity contribution in [3.05, 3.63) is 34.9 Å². The Morgan fingerprint density at radius 3 is 2.65 bits per heavy atom. The standard InChI is InChI=1S/C15H22OS/c1-10-7-14(16)13-8-12(15(2,3)4)6-5-11(13)9-17-10/h5-6,8,10,14,16H,7,9H2,1-4H3/t10?,14-/m1/s1. The SMILES string of the molecule is CC1C[C@@H](O)c2cc(C(C)(C)C)ccc2CS1. The molecule has 0 amide bonds. The highest BCUT2D eigenvalue weighted by molar-refractivity contribution is 7.99. The number of hydrogen-bond acceptors (Lipinski definition) is 2. The van der Waals surface area contributed by atoms with Gasteiger partial charge < -0.3 is 5.11 Å². The Bertz CT molecular complexity index is 406. The molecule has 0 aromatic heterocycles. The lowest BCUT2D eigenvalue weighted by molar-refractivity contribution is 0.168. The van der Waals surface area contributed by atoms with Gasteiger partial charge in [0.1, 0.15) is 0 Å². The first-order valence-electron chi connectivity index (χ1n) is 6.31. The predicted octanol–water partition coefficient (Wildman–Crippen LogP) is 4.04. The second-order valence-electron chi connectivity index (χ2n) is 6.04. The van der Waals surface area contributed by atoms with Crippen LogP contribution >= 0.6 is 11.8 Å². The molecule has 0 fully saturated rings. The summed E-state index contributed by atoms with van der Waals surface area (Å²) in [5.74, 6) is 1.03. The van der Waals surface area contributed by atoms with Crippen molar-refractivity contribution in [2.24, 2.45) is 0 Å². The summed E-state index contributed by atoms with van der Waals surface area (Å²) in [6, 6.07) is 6.62. The molecule has 0 aliphatic carbocycles. The summed E-state index contributed by atoms with van der Waals surface area (Å²) in [7, 11) is 0. The lowest BCUT2D eigenvalue weighted by atomic mass is 9.84. The molecular weight excluding hydrogens is 228 g/mol. The summed E-state index contributed by atoms with van der Waals surface area (Å²) in [4.78, 5) is 0. The van der Waals surface area contributed by atoms with Crippen LogP contribution in [0, 0.1) is 0 Å². The molecule has 0 spiro atoms. The third kappa shape index (κ3) is 2.86. The molecule has 2 atom stereocenters. The Morgan fingerprint density at radius 2 is 2.00 bits per heavy atom. The molecule has 1 aromatic carbocycles. The third-order valence-electron chi connectivity index (χ3n) is 3.45. The molecule has 1 N–H and O–H groups in total. The Balaban J connectivity index is 2.41. The molecular formula is C15H22OS. The van der Waals surface area contributed by atoms with E-state index in [1.807, 2.05) is 11.8 Å². The monoisotopic (exact) mass is 250 g/mol. The molecule has 2 heteroatoms. The zero-order valence-electron chi connectivity index (χ0n) is 11.2. The maximum absolute atomic E-state index is 10.3. The fourth-order valence-electron chi connectivity index (χ4n) is 2.24. The molecule has 0 radical (unpaired) electrons. The van der Waals surface area contributed by atoms with Gasteiger partial charge in [0.05, 0.1) is 6.10 Å². The minimum absolute atomic E-state index is 0.153. The van der Waals surface area contributed by atoms with Crippen LogP contribution in [0.1, 0.15) is 56.9 Å². The fraction of sp³-hybridized carbons (Fsp3) is 0.600. The summed E-state index contributed by atoms with van der Waals surface area (Å²) in [5, 5.41) is 10.8. The molecule has 1 aromatic rings. The van der Waals surface area contributed by atoms with Crippen molar-refractivity contribution in [3.63, 3.8) is 0 Å². The van der Waals surface area contributed by atoms with Crippen molar-refractivity contribution in [2.45, 2.75) is 56.6 Å². The van der Waals surface area contributed by atoms with Crippen molar-refractivity contribution in [3.8, 4) is 0 Å². The van der Waals surface area contributed by atoms with Gasteiger partial charge in [-0.05, 0) is 28.5 Å². The Labute approximate surface area is 109 Å². The van der Waals surface area contributed by atoms with Crippen LogP contribution in [0.3, 0.4) is 0 Å².